The molecular formula is C24H26F3N3O10. The molecule has 2 rings (SSSR count). The number of carboxylic acids is 3. The number of amides is 1. The lowest BCUT2D eigenvalue weighted by Gasteiger charge is -2.18. The minimum absolute atomic E-state index is 0.0826. The molecular weight excluding hydrogens is 547 g/mol. The van der Waals surface area contributed by atoms with Gasteiger partial charge in [0.05, 0.1) is 0 Å². The summed E-state index contributed by atoms with van der Waals surface area (Å²) in [6, 6.07) is 7.63. The number of amidine groups is 1. The molecule has 0 bridgehead atoms. The summed E-state index contributed by atoms with van der Waals surface area (Å²) in [6.45, 7) is 1.74. The Kier molecular flexibility index (Phi) is 12.3. The Hall–Kier alpha value is -4.89. The number of nitrogen functional groups attached to an aromatic ring is 1. The fourth-order valence-electron chi connectivity index (χ4n) is 2.94. The third-order valence-corrected chi connectivity index (χ3v) is 5.05. The second-order valence-corrected chi connectivity index (χ2v) is 8.04. The number of aliphatic carboxylic acids is 3. The summed E-state index contributed by atoms with van der Waals surface area (Å²) in [4.78, 5) is 55.7. The number of rotatable bonds is 12. The first-order chi connectivity index (χ1) is 18.5. The molecule has 16 heteroatoms. The number of nitrogens with two attached hydrogens (primary N) is 1. The quantitative estimate of drug-likeness (QED) is 0.0934. The number of carbonyl (C=O) groups is 5. The van der Waals surface area contributed by atoms with E-state index in [4.69, 9.17) is 35.3 Å². The van der Waals surface area contributed by atoms with Crippen LogP contribution in [0.1, 0.15) is 48.1 Å². The fourth-order valence-corrected chi connectivity index (χ4v) is 2.94. The van der Waals surface area contributed by atoms with Gasteiger partial charge in [-0.3, -0.25) is 15.0 Å². The lowest BCUT2D eigenvalue weighted by atomic mass is 9.99. The molecule has 13 nitrogen and oxygen atoms in total. The Morgan fingerprint density at radius 2 is 1.62 bits per heavy atom. The van der Waals surface area contributed by atoms with Crippen molar-refractivity contribution in [1.82, 2.24) is 5.32 Å². The molecule has 1 aromatic heterocycles. The van der Waals surface area contributed by atoms with E-state index < -0.39 is 54.3 Å². The number of furan rings is 1. The molecule has 0 saturated heterocycles. The van der Waals surface area contributed by atoms with Gasteiger partial charge in [-0.05, 0) is 49.2 Å². The van der Waals surface area contributed by atoms with Gasteiger partial charge in [0, 0.05) is 24.3 Å². The van der Waals surface area contributed by atoms with Crippen LogP contribution in [0, 0.1) is 11.3 Å². The maximum Gasteiger partial charge on any atom is 0.490 e. The largest absolute Gasteiger partial charge is 0.490 e. The van der Waals surface area contributed by atoms with E-state index in [9.17, 15) is 37.5 Å². The monoisotopic (exact) mass is 573 g/mol. The van der Waals surface area contributed by atoms with Crippen molar-refractivity contribution < 1.29 is 61.6 Å². The summed E-state index contributed by atoms with van der Waals surface area (Å²) in [5.41, 5.74) is 5.86. The number of hydrogen-bond donors (Lipinski definition) is 6. The van der Waals surface area contributed by atoms with E-state index >= 15 is 0 Å². The molecule has 0 aliphatic heterocycles. The third kappa shape index (κ3) is 11.2. The minimum Gasteiger partial charge on any atom is -0.481 e. The Labute approximate surface area is 224 Å². The van der Waals surface area contributed by atoms with Crippen LogP contribution in [0.25, 0.3) is 0 Å². The first-order valence-electron chi connectivity index (χ1n) is 11.4. The summed E-state index contributed by atoms with van der Waals surface area (Å²) in [5, 5.41) is 34.8. The van der Waals surface area contributed by atoms with E-state index in [2.05, 4.69) is 5.32 Å². The Morgan fingerprint density at radius 1 is 1.05 bits per heavy atom. The molecule has 0 aliphatic carbocycles. The van der Waals surface area contributed by atoms with Gasteiger partial charge in [0.15, 0.2) is 0 Å². The van der Waals surface area contributed by atoms with Crippen molar-refractivity contribution in [2.75, 3.05) is 0 Å². The molecule has 7 N–H and O–H groups in total. The summed E-state index contributed by atoms with van der Waals surface area (Å²) >= 11 is 0. The van der Waals surface area contributed by atoms with Crippen LogP contribution < -0.4 is 15.8 Å². The zero-order valence-corrected chi connectivity index (χ0v) is 20.9. The number of hydrogen-bond acceptors (Lipinski definition) is 8. The van der Waals surface area contributed by atoms with Crippen LogP contribution in [0.5, 0.6) is 5.75 Å². The molecule has 1 heterocycles. The van der Waals surface area contributed by atoms with E-state index in [1.54, 1.807) is 6.92 Å². The van der Waals surface area contributed by atoms with E-state index in [-0.39, 0.29) is 30.2 Å². The van der Waals surface area contributed by atoms with Gasteiger partial charge in [-0.25, -0.2) is 14.4 Å². The Morgan fingerprint density at radius 3 is 2.08 bits per heavy atom. The summed E-state index contributed by atoms with van der Waals surface area (Å²) in [5.74, 6) is -6.83. The molecule has 1 aromatic carbocycles. The Bertz CT molecular complexity index is 1230. The fraction of sp³-hybridized carbons (Fsp3) is 0.333. The highest BCUT2D eigenvalue weighted by atomic mass is 19.4. The highest BCUT2D eigenvalue weighted by molar-refractivity contribution is 5.95. The van der Waals surface area contributed by atoms with Crippen LogP contribution in [0.3, 0.4) is 0 Å². The van der Waals surface area contributed by atoms with Crippen LogP contribution in [-0.4, -0.2) is 63.2 Å². The smallest absolute Gasteiger partial charge is 0.481 e. The first kappa shape index (κ1) is 33.1. The van der Waals surface area contributed by atoms with Crippen molar-refractivity contribution in [2.24, 2.45) is 11.7 Å². The molecule has 2 aromatic rings. The number of ether oxygens (including phenoxy) is 1. The van der Waals surface area contributed by atoms with Crippen LogP contribution in [-0.2, 0) is 25.6 Å². The van der Waals surface area contributed by atoms with Gasteiger partial charge in [-0.2, -0.15) is 13.2 Å². The highest BCUT2D eigenvalue weighted by Gasteiger charge is 2.38. The zero-order valence-electron chi connectivity index (χ0n) is 20.9. The normalized spacial score (nSPS) is 12.2. The SMILES string of the molecule is CC[C@H](Cc1ccc(C(=O)Oc2ccc(C(=N)N)cc2)o1)C(=O)N[C@H](CCC(=O)O)C(=O)O.O=C(O)C(F)(F)F. The number of carboxylic acid groups (broad SMARTS) is 3. The van der Waals surface area contributed by atoms with Crippen LogP contribution >= 0.6 is 0 Å². The number of carbonyl (C=O) groups excluding carboxylic acids is 2. The molecule has 0 saturated carbocycles. The molecule has 218 valence electrons. The van der Waals surface area contributed by atoms with Crippen LogP contribution in [0.2, 0.25) is 0 Å². The average molecular weight is 573 g/mol. The molecule has 0 fully saturated rings. The molecule has 0 unspecified atom stereocenters. The van der Waals surface area contributed by atoms with Crippen molar-refractivity contribution in [1.29, 1.82) is 5.41 Å². The molecule has 0 aliphatic rings. The van der Waals surface area contributed by atoms with Gasteiger partial charge in [-0.15, -0.1) is 0 Å². The number of halogens is 3. The van der Waals surface area contributed by atoms with Crippen molar-refractivity contribution in [2.45, 2.75) is 44.8 Å². The minimum atomic E-state index is -5.08. The standard InChI is InChI=1S/C22H25N3O8.C2HF3O2/c1-2-12(20(28)25-16(21(29)30)8-10-18(26)27)11-15-7-9-17(32-15)22(31)33-14-5-3-13(4-6-14)19(23)24;3-2(4,5)1(6)7/h3-7,9,12,16H,2,8,10-11H2,1H3,(H3,23,24)(H,25,28)(H,26,27)(H,29,30);(H,6,7)/t12-,16-;/m1./s1. The molecule has 2 atom stereocenters. The summed E-state index contributed by atoms with van der Waals surface area (Å²) in [6.07, 6.45) is -5.25. The van der Waals surface area contributed by atoms with Gasteiger partial charge in [0.1, 0.15) is 23.4 Å². The van der Waals surface area contributed by atoms with E-state index in [0.29, 0.717) is 17.7 Å². The van der Waals surface area contributed by atoms with Crippen molar-refractivity contribution >= 4 is 35.6 Å². The second-order valence-electron chi connectivity index (χ2n) is 8.04. The molecule has 0 radical (unpaired) electrons. The molecule has 1 amide bonds. The molecule has 40 heavy (non-hydrogen) atoms. The van der Waals surface area contributed by atoms with Crippen molar-refractivity contribution in [3.63, 3.8) is 0 Å². The number of nitrogens with one attached hydrogen (secondary N) is 2. The third-order valence-electron chi connectivity index (χ3n) is 5.05. The zero-order chi connectivity index (χ0) is 30.6. The first-order valence-corrected chi connectivity index (χ1v) is 11.4. The van der Waals surface area contributed by atoms with Crippen LogP contribution in [0.15, 0.2) is 40.8 Å². The number of esters is 1. The van der Waals surface area contributed by atoms with Crippen molar-refractivity contribution in [3.8, 4) is 5.75 Å². The summed E-state index contributed by atoms with van der Waals surface area (Å²) in [7, 11) is 0. The van der Waals surface area contributed by atoms with Gasteiger partial charge >= 0.3 is 30.1 Å². The van der Waals surface area contributed by atoms with E-state index in [0.717, 1.165) is 0 Å². The van der Waals surface area contributed by atoms with Gasteiger partial charge in [0.2, 0.25) is 11.7 Å². The lowest BCUT2D eigenvalue weighted by Crippen LogP contribution is -2.44. The van der Waals surface area contributed by atoms with Gasteiger partial charge in [-0.1, -0.05) is 6.92 Å². The number of alkyl halides is 3. The van der Waals surface area contributed by atoms with Gasteiger partial charge < -0.3 is 35.5 Å². The lowest BCUT2D eigenvalue weighted by molar-refractivity contribution is -0.192. The average Bonchev–Trinajstić information content (AvgIpc) is 3.33. The topological polar surface area (TPSA) is 230 Å². The predicted octanol–water partition coefficient (Wildman–Crippen LogP) is 2.42. The maximum absolute atomic E-state index is 12.5. The number of benzene rings is 1. The van der Waals surface area contributed by atoms with Gasteiger partial charge in [0.25, 0.3) is 0 Å². The Balaban J connectivity index is 0.00000101. The molecule has 0 spiro atoms. The second kappa shape index (κ2) is 14.9. The predicted molar refractivity (Wildman–Crippen MR) is 129 cm³/mol. The van der Waals surface area contributed by atoms with Crippen molar-refractivity contribution in [3.05, 3.63) is 53.5 Å². The highest BCUT2D eigenvalue weighted by Crippen LogP contribution is 2.19. The van der Waals surface area contributed by atoms with E-state index in [1.807, 2.05) is 0 Å². The summed E-state index contributed by atoms with van der Waals surface area (Å²) < 4.78 is 42.4. The van der Waals surface area contributed by atoms with E-state index in [1.165, 1.54) is 36.4 Å². The van der Waals surface area contributed by atoms with Crippen LogP contribution in [0.4, 0.5) is 13.2 Å². The maximum atomic E-state index is 12.5.